The van der Waals surface area contributed by atoms with Crippen LogP contribution in [-0.2, 0) is 23.2 Å². The van der Waals surface area contributed by atoms with Gasteiger partial charge in [0.05, 0.1) is 29.2 Å². The number of hydrazone groups is 1. The first kappa shape index (κ1) is 29.9. The van der Waals surface area contributed by atoms with E-state index in [1.807, 2.05) is 6.07 Å². The number of anilines is 1. The molecule has 41 heavy (non-hydrogen) atoms. The number of halogens is 3. The molecule has 4 aromatic rings. The van der Waals surface area contributed by atoms with Crippen molar-refractivity contribution in [1.29, 1.82) is 0 Å². The number of rotatable bonds is 8. The molecule has 2 amide bonds. The molecule has 0 aliphatic heterocycles. The van der Waals surface area contributed by atoms with Crippen LogP contribution in [0.25, 0.3) is 5.69 Å². The van der Waals surface area contributed by atoms with Crippen molar-refractivity contribution in [1.82, 2.24) is 14.8 Å². The molecule has 4 rings (SSSR count). The van der Waals surface area contributed by atoms with Gasteiger partial charge in [-0.2, -0.15) is 5.10 Å². The van der Waals surface area contributed by atoms with E-state index in [1.54, 1.807) is 73.3 Å². The van der Waals surface area contributed by atoms with Crippen molar-refractivity contribution >= 4 is 62.8 Å². The van der Waals surface area contributed by atoms with Crippen LogP contribution in [0.3, 0.4) is 0 Å². The van der Waals surface area contributed by atoms with Crippen molar-refractivity contribution in [3.8, 4) is 17.2 Å². The van der Waals surface area contributed by atoms with Gasteiger partial charge in [-0.15, -0.1) is 0 Å². The fraction of sp³-hybridized carbons (Fsp3) is 0.143. The normalized spacial score (nSPS) is 11.0. The number of nitrogens with zero attached hydrogens (tertiary/aromatic N) is 3. The van der Waals surface area contributed by atoms with E-state index in [9.17, 15) is 14.4 Å². The van der Waals surface area contributed by atoms with E-state index in [2.05, 4.69) is 31.8 Å². The quantitative estimate of drug-likeness (QED) is 0.153. The Hall–Kier alpha value is -4.06. The van der Waals surface area contributed by atoms with Crippen molar-refractivity contribution in [2.24, 2.45) is 12.1 Å². The Kier molecular flexibility index (Phi) is 9.53. The molecule has 0 fully saturated rings. The summed E-state index contributed by atoms with van der Waals surface area (Å²) in [6, 6.07) is 17.4. The Morgan fingerprint density at radius 2 is 1.80 bits per heavy atom. The van der Waals surface area contributed by atoms with Crippen molar-refractivity contribution < 1.29 is 19.1 Å². The lowest BCUT2D eigenvalue weighted by atomic mass is 10.2. The minimum atomic E-state index is -1.05. The standard InChI is InChI=1S/C28H24BrCl2N5O5/c1-16-24(28(39)36(35(16)2)20-7-5-4-6-8-20)33-26(37)27(38)34-32-14-17-11-21(29)25(23(12-17)40-3)41-15-18-9-10-19(30)13-22(18)31/h4-14H,15H2,1-3H3,(H,33,37)(H,34,38)/b32-14+. The molecule has 1 aromatic heterocycles. The molecule has 0 radical (unpaired) electrons. The Morgan fingerprint density at radius 3 is 2.49 bits per heavy atom. The summed E-state index contributed by atoms with van der Waals surface area (Å²) in [5.41, 5.74) is 4.04. The first-order chi connectivity index (χ1) is 19.6. The lowest BCUT2D eigenvalue weighted by molar-refractivity contribution is -0.136. The summed E-state index contributed by atoms with van der Waals surface area (Å²) in [5, 5.41) is 7.24. The monoisotopic (exact) mass is 659 g/mol. The smallest absolute Gasteiger partial charge is 0.329 e. The highest BCUT2D eigenvalue weighted by atomic mass is 79.9. The summed E-state index contributed by atoms with van der Waals surface area (Å²) in [4.78, 5) is 37.9. The van der Waals surface area contributed by atoms with E-state index in [4.69, 9.17) is 32.7 Å². The highest BCUT2D eigenvalue weighted by Crippen LogP contribution is 2.37. The third-order valence-electron chi connectivity index (χ3n) is 6.02. The number of aromatic nitrogens is 2. The number of carbonyl (C=O) groups is 2. The van der Waals surface area contributed by atoms with Gasteiger partial charge in [-0.25, -0.2) is 10.1 Å². The predicted molar refractivity (Wildman–Crippen MR) is 162 cm³/mol. The second-order valence-corrected chi connectivity index (χ2v) is 10.3. The van der Waals surface area contributed by atoms with Gasteiger partial charge in [0.1, 0.15) is 12.3 Å². The molecule has 0 atom stereocenters. The minimum Gasteiger partial charge on any atom is -0.493 e. The fourth-order valence-electron chi connectivity index (χ4n) is 3.84. The second-order valence-electron chi connectivity index (χ2n) is 8.65. The molecule has 2 N–H and O–H groups in total. The van der Waals surface area contributed by atoms with Gasteiger partial charge in [0.15, 0.2) is 11.5 Å². The summed E-state index contributed by atoms with van der Waals surface area (Å²) in [7, 11) is 3.16. The first-order valence-corrected chi connectivity index (χ1v) is 13.6. The Bertz CT molecular complexity index is 1700. The lowest BCUT2D eigenvalue weighted by Gasteiger charge is -2.14. The third-order valence-corrected chi connectivity index (χ3v) is 7.19. The number of hydrogen-bond acceptors (Lipinski definition) is 6. The van der Waals surface area contributed by atoms with Crippen LogP contribution in [0.5, 0.6) is 11.5 Å². The maximum absolute atomic E-state index is 13.0. The average molecular weight is 661 g/mol. The van der Waals surface area contributed by atoms with Gasteiger partial charge in [-0.1, -0.05) is 47.5 Å². The van der Waals surface area contributed by atoms with Crippen LogP contribution in [0, 0.1) is 6.92 Å². The van der Waals surface area contributed by atoms with Gasteiger partial charge < -0.3 is 14.8 Å². The Morgan fingerprint density at radius 1 is 1.07 bits per heavy atom. The average Bonchev–Trinajstić information content (AvgIpc) is 3.16. The van der Waals surface area contributed by atoms with Crippen molar-refractivity contribution in [2.45, 2.75) is 13.5 Å². The van der Waals surface area contributed by atoms with Crippen molar-refractivity contribution in [2.75, 3.05) is 12.4 Å². The number of methoxy groups -OCH3 is 1. The molecule has 0 saturated heterocycles. The fourth-order valence-corrected chi connectivity index (χ4v) is 4.88. The van der Waals surface area contributed by atoms with Gasteiger partial charge in [-0.3, -0.25) is 19.1 Å². The van der Waals surface area contributed by atoms with Crippen LogP contribution >= 0.6 is 39.1 Å². The molecule has 212 valence electrons. The van der Waals surface area contributed by atoms with Gasteiger partial charge in [0, 0.05) is 22.7 Å². The molecular weight excluding hydrogens is 637 g/mol. The topological polar surface area (TPSA) is 116 Å². The maximum Gasteiger partial charge on any atom is 0.329 e. The van der Waals surface area contributed by atoms with Crippen molar-refractivity contribution in [3.05, 3.63) is 102 Å². The Labute approximate surface area is 253 Å². The maximum atomic E-state index is 13.0. The van der Waals surface area contributed by atoms with E-state index >= 15 is 0 Å². The molecule has 0 spiro atoms. The van der Waals surface area contributed by atoms with E-state index in [0.717, 1.165) is 5.56 Å². The van der Waals surface area contributed by atoms with E-state index in [-0.39, 0.29) is 12.3 Å². The molecule has 10 nitrogen and oxygen atoms in total. The molecule has 3 aromatic carbocycles. The SMILES string of the molecule is COc1cc(/C=N/NC(=O)C(=O)Nc2c(C)n(C)n(-c3ccccc3)c2=O)cc(Br)c1OCc1ccc(Cl)cc1Cl. The number of carbonyl (C=O) groups excluding carboxylic acids is 2. The minimum absolute atomic E-state index is 0.00961. The zero-order chi connectivity index (χ0) is 29.7. The van der Waals surface area contributed by atoms with Crippen LogP contribution in [0.1, 0.15) is 16.8 Å². The summed E-state index contributed by atoms with van der Waals surface area (Å²) in [6.45, 7) is 1.83. The van der Waals surface area contributed by atoms with Gasteiger partial charge in [0.2, 0.25) is 0 Å². The molecule has 1 heterocycles. The zero-order valence-corrected chi connectivity index (χ0v) is 25.2. The molecular formula is C28H24BrCl2N5O5. The van der Waals surface area contributed by atoms with Crippen LogP contribution < -0.4 is 25.8 Å². The van der Waals surface area contributed by atoms with E-state index < -0.39 is 17.4 Å². The summed E-state index contributed by atoms with van der Waals surface area (Å²) < 4.78 is 14.9. The van der Waals surface area contributed by atoms with Gasteiger partial charge in [-0.05, 0) is 64.8 Å². The van der Waals surface area contributed by atoms with Crippen molar-refractivity contribution in [3.63, 3.8) is 0 Å². The second kappa shape index (κ2) is 13.1. The molecule has 0 bridgehead atoms. The predicted octanol–water partition coefficient (Wildman–Crippen LogP) is 5.23. The number of amides is 2. The molecule has 0 unspecified atom stereocenters. The van der Waals surface area contributed by atoms with Crippen LogP contribution in [0.4, 0.5) is 5.69 Å². The number of benzene rings is 3. The van der Waals surface area contributed by atoms with Crippen LogP contribution in [0.2, 0.25) is 10.0 Å². The van der Waals surface area contributed by atoms with E-state index in [0.29, 0.717) is 43.0 Å². The van der Waals surface area contributed by atoms with Gasteiger partial charge >= 0.3 is 11.8 Å². The first-order valence-electron chi connectivity index (χ1n) is 12.0. The molecule has 13 heteroatoms. The highest BCUT2D eigenvalue weighted by Gasteiger charge is 2.21. The number of hydrogen-bond donors (Lipinski definition) is 2. The third kappa shape index (κ3) is 6.82. The van der Waals surface area contributed by atoms with Gasteiger partial charge in [0.25, 0.3) is 5.56 Å². The lowest BCUT2D eigenvalue weighted by Crippen LogP contribution is -2.34. The van der Waals surface area contributed by atoms with E-state index in [1.165, 1.54) is 18.0 Å². The molecule has 0 aliphatic carbocycles. The molecule has 0 saturated carbocycles. The summed E-state index contributed by atoms with van der Waals surface area (Å²) in [5.74, 6) is -1.28. The number of nitrogens with one attached hydrogen (secondary N) is 2. The summed E-state index contributed by atoms with van der Waals surface area (Å²) in [6.07, 6.45) is 1.33. The van der Waals surface area contributed by atoms with Crippen LogP contribution in [-0.4, -0.2) is 34.5 Å². The van der Waals surface area contributed by atoms with Crippen LogP contribution in [0.15, 0.2) is 75.0 Å². The Balaban J connectivity index is 1.42. The number of para-hydroxylation sites is 1. The number of ether oxygens (including phenoxy) is 2. The zero-order valence-electron chi connectivity index (χ0n) is 22.1. The summed E-state index contributed by atoms with van der Waals surface area (Å²) >= 11 is 15.6. The molecule has 0 aliphatic rings. The highest BCUT2D eigenvalue weighted by molar-refractivity contribution is 9.10. The largest absolute Gasteiger partial charge is 0.493 e.